The van der Waals surface area contributed by atoms with E-state index in [1.807, 2.05) is 28.9 Å². The second-order valence-corrected chi connectivity index (χ2v) is 5.95. The zero-order valence-electron chi connectivity index (χ0n) is 13.5. The van der Waals surface area contributed by atoms with Gasteiger partial charge in [-0.2, -0.15) is 4.68 Å². The number of thioether (sulfide) groups is 1. The molecular weight excluding hydrogens is 328 g/mol. The predicted octanol–water partition coefficient (Wildman–Crippen LogP) is 1.75. The van der Waals surface area contributed by atoms with E-state index in [9.17, 15) is 0 Å². The van der Waals surface area contributed by atoms with Gasteiger partial charge in [0.2, 0.25) is 5.16 Å². The fourth-order valence-electron chi connectivity index (χ4n) is 2.16. The van der Waals surface area contributed by atoms with Gasteiger partial charge in [-0.15, -0.1) is 10.2 Å². The summed E-state index contributed by atoms with van der Waals surface area (Å²) in [7, 11) is 1.62. The summed E-state index contributed by atoms with van der Waals surface area (Å²) in [5, 5.41) is 24.4. The fraction of sp³-hybridized carbons (Fsp3) is 0.429. The van der Waals surface area contributed by atoms with Crippen molar-refractivity contribution < 1.29 is 4.74 Å². The van der Waals surface area contributed by atoms with Crippen LogP contribution in [0.15, 0.2) is 29.4 Å². The van der Waals surface area contributed by atoms with Crippen LogP contribution in [0.25, 0.3) is 5.69 Å². The fourth-order valence-corrected chi connectivity index (χ4v) is 2.98. The molecule has 10 heteroatoms. The maximum Gasteiger partial charge on any atom is 0.214 e. The van der Waals surface area contributed by atoms with Crippen LogP contribution < -0.4 is 4.74 Å². The molecule has 24 heavy (non-hydrogen) atoms. The monoisotopic (exact) mass is 346 g/mol. The van der Waals surface area contributed by atoms with E-state index in [0.717, 1.165) is 30.9 Å². The number of methoxy groups -OCH3 is 1. The van der Waals surface area contributed by atoms with Crippen molar-refractivity contribution in [3.8, 4) is 11.4 Å². The third-order valence-corrected chi connectivity index (χ3v) is 4.33. The Labute approximate surface area is 143 Å². The Morgan fingerprint density at radius 2 is 1.96 bits per heavy atom. The van der Waals surface area contributed by atoms with Crippen LogP contribution in [0.1, 0.15) is 25.6 Å². The van der Waals surface area contributed by atoms with Crippen molar-refractivity contribution in [2.75, 3.05) is 7.11 Å². The van der Waals surface area contributed by atoms with Crippen LogP contribution in [0.5, 0.6) is 5.75 Å². The molecule has 0 amide bonds. The highest BCUT2D eigenvalue weighted by atomic mass is 32.2. The van der Waals surface area contributed by atoms with Gasteiger partial charge in [0.1, 0.15) is 11.4 Å². The molecule has 0 aliphatic carbocycles. The van der Waals surface area contributed by atoms with Crippen molar-refractivity contribution in [3.63, 3.8) is 0 Å². The standard InChI is InChI=1S/C14H18N8OS/c1-3-4-9-21-13(15-17-19-21)10-24-14-16-18-20-22(14)11-7-5-6-8-12(11)23-2/h5-8H,3-4,9-10H2,1-2H3. The Balaban J connectivity index is 1.76. The van der Waals surface area contributed by atoms with Crippen LogP contribution in [-0.4, -0.2) is 47.5 Å². The molecule has 9 nitrogen and oxygen atoms in total. The minimum absolute atomic E-state index is 0.590. The lowest BCUT2D eigenvalue weighted by atomic mass is 10.3. The molecular formula is C14H18N8OS. The Kier molecular flexibility index (Phi) is 5.36. The average Bonchev–Trinajstić information content (AvgIpc) is 3.26. The second kappa shape index (κ2) is 7.86. The molecule has 0 radical (unpaired) electrons. The summed E-state index contributed by atoms with van der Waals surface area (Å²) in [5.74, 6) is 2.11. The summed E-state index contributed by atoms with van der Waals surface area (Å²) in [6.45, 7) is 2.96. The minimum Gasteiger partial charge on any atom is -0.494 e. The van der Waals surface area contributed by atoms with E-state index in [1.165, 1.54) is 11.8 Å². The van der Waals surface area contributed by atoms with Gasteiger partial charge in [-0.05, 0) is 39.4 Å². The lowest BCUT2D eigenvalue weighted by molar-refractivity contribution is 0.410. The lowest BCUT2D eigenvalue weighted by Crippen LogP contribution is -2.06. The van der Waals surface area contributed by atoms with Crippen LogP contribution in [0.2, 0.25) is 0 Å². The van der Waals surface area contributed by atoms with Crippen LogP contribution >= 0.6 is 11.8 Å². The number of hydrogen-bond donors (Lipinski definition) is 0. The number of ether oxygens (including phenoxy) is 1. The van der Waals surface area contributed by atoms with Gasteiger partial charge in [-0.25, -0.2) is 4.68 Å². The van der Waals surface area contributed by atoms with Crippen LogP contribution in [0, 0.1) is 0 Å². The smallest absolute Gasteiger partial charge is 0.214 e. The number of tetrazole rings is 2. The summed E-state index contributed by atoms with van der Waals surface area (Å²) >= 11 is 1.48. The molecule has 0 fully saturated rings. The van der Waals surface area contributed by atoms with E-state index in [2.05, 4.69) is 38.0 Å². The molecule has 0 aliphatic rings. The lowest BCUT2D eigenvalue weighted by Gasteiger charge is -2.08. The molecule has 3 rings (SSSR count). The van der Waals surface area contributed by atoms with Crippen molar-refractivity contribution >= 4 is 11.8 Å². The molecule has 0 N–H and O–H groups in total. The van der Waals surface area contributed by atoms with Gasteiger partial charge in [0.05, 0.1) is 12.9 Å². The number of nitrogens with zero attached hydrogens (tertiary/aromatic N) is 8. The Morgan fingerprint density at radius 1 is 1.12 bits per heavy atom. The summed E-state index contributed by atoms with van der Waals surface area (Å²) in [5.41, 5.74) is 0.790. The van der Waals surface area contributed by atoms with E-state index in [0.29, 0.717) is 16.7 Å². The van der Waals surface area contributed by atoms with Crippen LogP contribution in [0.4, 0.5) is 0 Å². The van der Waals surface area contributed by atoms with Crippen molar-refractivity contribution in [2.24, 2.45) is 0 Å². The zero-order valence-corrected chi connectivity index (χ0v) is 14.3. The quantitative estimate of drug-likeness (QED) is 0.569. The van der Waals surface area contributed by atoms with E-state index in [1.54, 1.807) is 11.8 Å². The van der Waals surface area contributed by atoms with Crippen molar-refractivity contribution in [1.29, 1.82) is 0 Å². The predicted molar refractivity (Wildman–Crippen MR) is 88.0 cm³/mol. The van der Waals surface area contributed by atoms with Crippen molar-refractivity contribution in [2.45, 2.75) is 37.2 Å². The largest absolute Gasteiger partial charge is 0.494 e. The summed E-state index contributed by atoms with van der Waals surface area (Å²) in [6.07, 6.45) is 2.14. The van der Waals surface area contributed by atoms with Gasteiger partial charge in [0.15, 0.2) is 5.82 Å². The molecule has 0 atom stereocenters. The number of unbranched alkanes of at least 4 members (excludes halogenated alkanes) is 1. The first kappa shape index (κ1) is 16.4. The Bertz CT molecular complexity index is 786. The van der Waals surface area contributed by atoms with Gasteiger partial charge >= 0.3 is 0 Å². The third-order valence-electron chi connectivity index (χ3n) is 3.41. The first-order valence-electron chi connectivity index (χ1n) is 7.63. The highest BCUT2D eigenvalue weighted by Crippen LogP contribution is 2.26. The highest BCUT2D eigenvalue weighted by Gasteiger charge is 2.15. The number of para-hydroxylation sites is 2. The van der Waals surface area contributed by atoms with Gasteiger partial charge < -0.3 is 4.74 Å². The molecule has 0 bridgehead atoms. The van der Waals surface area contributed by atoms with Crippen molar-refractivity contribution in [3.05, 3.63) is 30.1 Å². The van der Waals surface area contributed by atoms with Gasteiger partial charge in [0, 0.05) is 6.54 Å². The number of aryl methyl sites for hydroxylation is 1. The van der Waals surface area contributed by atoms with Crippen LogP contribution in [0.3, 0.4) is 0 Å². The Hall–Kier alpha value is -2.49. The molecule has 0 saturated heterocycles. The van der Waals surface area contributed by atoms with Gasteiger partial charge in [0.25, 0.3) is 0 Å². The summed E-state index contributed by atoms with van der Waals surface area (Å²) in [6, 6.07) is 7.60. The van der Waals surface area contributed by atoms with E-state index < -0.39 is 0 Å². The number of aromatic nitrogens is 8. The third kappa shape index (κ3) is 3.53. The number of rotatable bonds is 8. The number of hydrogen-bond acceptors (Lipinski definition) is 8. The highest BCUT2D eigenvalue weighted by molar-refractivity contribution is 7.98. The van der Waals surface area contributed by atoms with Gasteiger partial charge in [-0.3, -0.25) is 0 Å². The number of benzene rings is 1. The molecule has 3 aromatic rings. The SMILES string of the molecule is CCCCn1nnnc1CSc1nnnn1-c1ccccc1OC. The maximum atomic E-state index is 5.38. The molecule has 2 aromatic heterocycles. The van der Waals surface area contributed by atoms with E-state index >= 15 is 0 Å². The first-order chi connectivity index (χ1) is 11.8. The van der Waals surface area contributed by atoms with Crippen LogP contribution in [-0.2, 0) is 12.3 Å². The van der Waals surface area contributed by atoms with Crippen molar-refractivity contribution in [1.82, 2.24) is 40.4 Å². The molecule has 0 saturated carbocycles. The zero-order chi connectivity index (χ0) is 16.8. The molecule has 0 unspecified atom stereocenters. The van der Waals surface area contributed by atoms with E-state index in [4.69, 9.17) is 4.74 Å². The normalized spacial score (nSPS) is 10.9. The topological polar surface area (TPSA) is 96.4 Å². The first-order valence-corrected chi connectivity index (χ1v) is 8.61. The average molecular weight is 346 g/mol. The molecule has 1 aromatic carbocycles. The second-order valence-electron chi connectivity index (χ2n) is 5.01. The summed E-state index contributed by atoms with van der Waals surface area (Å²) in [4.78, 5) is 0. The molecule has 0 spiro atoms. The van der Waals surface area contributed by atoms with E-state index in [-0.39, 0.29) is 0 Å². The molecule has 126 valence electrons. The van der Waals surface area contributed by atoms with Gasteiger partial charge in [-0.1, -0.05) is 37.2 Å². The minimum atomic E-state index is 0.590. The molecule has 0 aliphatic heterocycles. The molecule has 2 heterocycles. The maximum absolute atomic E-state index is 5.38. The summed E-state index contributed by atoms with van der Waals surface area (Å²) < 4.78 is 8.86. The Morgan fingerprint density at radius 3 is 2.79 bits per heavy atom.